The van der Waals surface area contributed by atoms with Crippen molar-refractivity contribution in [1.82, 2.24) is 0 Å². The van der Waals surface area contributed by atoms with Crippen LogP contribution in [0, 0.1) is 19.7 Å². The number of carboxylic acids is 1. The van der Waals surface area contributed by atoms with E-state index >= 15 is 0 Å². The van der Waals surface area contributed by atoms with Gasteiger partial charge in [0.25, 0.3) is 0 Å². The van der Waals surface area contributed by atoms with Gasteiger partial charge in [0.2, 0.25) is 0 Å². The van der Waals surface area contributed by atoms with Crippen LogP contribution in [0.2, 0.25) is 0 Å². The van der Waals surface area contributed by atoms with E-state index in [-0.39, 0.29) is 18.0 Å². The van der Waals surface area contributed by atoms with Gasteiger partial charge in [-0.2, -0.15) is 0 Å². The summed E-state index contributed by atoms with van der Waals surface area (Å²) in [6.07, 6.45) is -0.499. The Balaban J connectivity index is 1.98. The Labute approximate surface area is 148 Å². The predicted molar refractivity (Wildman–Crippen MR) is 91.4 cm³/mol. The summed E-state index contributed by atoms with van der Waals surface area (Å²) in [5.74, 6) is -1.19. The molecule has 0 saturated heterocycles. The molecule has 0 amide bonds. The maximum atomic E-state index is 13.2. The average Bonchev–Trinajstić information content (AvgIpc) is 2.58. The van der Waals surface area contributed by atoms with Gasteiger partial charge in [-0.25, -0.2) is 9.18 Å². The van der Waals surface area contributed by atoms with E-state index in [4.69, 9.17) is 9.15 Å². The van der Waals surface area contributed by atoms with E-state index in [1.54, 1.807) is 38.1 Å². The maximum absolute atomic E-state index is 13.2. The summed E-state index contributed by atoms with van der Waals surface area (Å²) in [6.45, 7) is 3.57. The monoisotopic (exact) mass is 355 g/mol. The zero-order valence-electron chi connectivity index (χ0n) is 14.3. The van der Waals surface area contributed by atoms with E-state index in [1.807, 2.05) is 0 Å². The standard InChI is InChI=1S/C20H17FO5/c1-11-15-6-7-17(25-10-13-4-3-5-14(21)8-13)12(2)19(15)26-20(24)16(11)9-18(22)23/h3-8H,9-10H2,1-2H3,(H,22,23)/p-1. The zero-order valence-corrected chi connectivity index (χ0v) is 14.3. The van der Waals surface area contributed by atoms with Gasteiger partial charge in [0.15, 0.2) is 0 Å². The highest BCUT2D eigenvalue weighted by atomic mass is 19.1. The lowest BCUT2D eigenvalue weighted by Crippen LogP contribution is -2.27. The van der Waals surface area contributed by atoms with Crippen LogP contribution in [-0.2, 0) is 17.8 Å². The van der Waals surface area contributed by atoms with Gasteiger partial charge in [0.05, 0.1) is 0 Å². The second-order valence-electron chi connectivity index (χ2n) is 6.03. The third-order valence-corrected chi connectivity index (χ3v) is 4.26. The molecule has 2 aromatic carbocycles. The van der Waals surface area contributed by atoms with E-state index in [2.05, 4.69) is 0 Å². The molecule has 0 N–H and O–H groups in total. The maximum Gasteiger partial charge on any atom is 0.340 e. The number of fused-ring (bicyclic) bond motifs is 1. The molecular formula is C20H16FO5-. The molecule has 0 aliphatic carbocycles. The van der Waals surface area contributed by atoms with Crippen molar-refractivity contribution in [3.05, 3.63) is 74.9 Å². The first kappa shape index (κ1) is 17.7. The summed E-state index contributed by atoms with van der Waals surface area (Å²) < 4.78 is 24.3. The third-order valence-electron chi connectivity index (χ3n) is 4.26. The van der Waals surface area contributed by atoms with Gasteiger partial charge in [-0.05, 0) is 49.2 Å². The summed E-state index contributed by atoms with van der Waals surface area (Å²) in [4.78, 5) is 23.0. The largest absolute Gasteiger partial charge is 0.550 e. The normalized spacial score (nSPS) is 10.9. The number of aryl methyl sites for hydroxylation is 2. The molecule has 0 fully saturated rings. The molecular weight excluding hydrogens is 339 g/mol. The van der Waals surface area contributed by atoms with Crippen LogP contribution in [0.15, 0.2) is 45.6 Å². The quantitative estimate of drug-likeness (QED) is 0.657. The van der Waals surface area contributed by atoms with E-state index in [1.165, 1.54) is 12.1 Å². The number of carbonyl (C=O) groups excluding carboxylic acids is 1. The molecule has 1 heterocycles. The third kappa shape index (κ3) is 3.44. The SMILES string of the molecule is Cc1c(CC(=O)[O-])c(=O)oc2c(C)c(OCc3cccc(F)c3)ccc12. The minimum absolute atomic E-state index is 0.0744. The number of ether oxygens (including phenoxy) is 1. The molecule has 0 radical (unpaired) electrons. The van der Waals surface area contributed by atoms with Crippen LogP contribution in [-0.4, -0.2) is 5.97 Å². The van der Waals surface area contributed by atoms with Crippen molar-refractivity contribution in [2.75, 3.05) is 0 Å². The minimum Gasteiger partial charge on any atom is -0.550 e. The van der Waals surface area contributed by atoms with Crippen molar-refractivity contribution in [2.45, 2.75) is 26.9 Å². The lowest BCUT2D eigenvalue weighted by Gasteiger charge is -2.13. The first-order valence-electron chi connectivity index (χ1n) is 8.00. The van der Waals surface area contributed by atoms with Crippen LogP contribution in [0.3, 0.4) is 0 Å². The molecule has 0 bridgehead atoms. The molecule has 0 aliphatic rings. The summed E-state index contributed by atoms with van der Waals surface area (Å²) in [5, 5.41) is 11.5. The number of carboxylic acid groups (broad SMARTS) is 1. The molecule has 0 aliphatic heterocycles. The summed E-state index contributed by atoms with van der Waals surface area (Å²) in [5.41, 5.74) is 1.53. The van der Waals surface area contributed by atoms with Crippen LogP contribution in [0.25, 0.3) is 11.0 Å². The van der Waals surface area contributed by atoms with Crippen molar-refractivity contribution in [2.24, 2.45) is 0 Å². The van der Waals surface area contributed by atoms with Crippen LogP contribution < -0.4 is 15.5 Å². The highest BCUT2D eigenvalue weighted by Crippen LogP contribution is 2.30. The Morgan fingerprint density at radius 3 is 2.65 bits per heavy atom. The summed E-state index contributed by atoms with van der Waals surface area (Å²) >= 11 is 0. The molecule has 26 heavy (non-hydrogen) atoms. The lowest BCUT2D eigenvalue weighted by atomic mass is 10.0. The number of halogens is 1. The molecule has 0 atom stereocenters. The van der Waals surface area contributed by atoms with Crippen LogP contribution in [0.4, 0.5) is 4.39 Å². The summed E-state index contributed by atoms with van der Waals surface area (Å²) in [6, 6.07) is 9.50. The van der Waals surface area contributed by atoms with Gasteiger partial charge in [0.1, 0.15) is 23.8 Å². The van der Waals surface area contributed by atoms with Crippen molar-refractivity contribution < 1.29 is 23.4 Å². The van der Waals surface area contributed by atoms with Gasteiger partial charge < -0.3 is 19.1 Å². The molecule has 0 unspecified atom stereocenters. The van der Waals surface area contributed by atoms with Crippen molar-refractivity contribution in [3.8, 4) is 5.75 Å². The minimum atomic E-state index is -1.34. The fourth-order valence-corrected chi connectivity index (χ4v) is 2.86. The van der Waals surface area contributed by atoms with E-state index in [0.29, 0.717) is 33.4 Å². The van der Waals surface area contributed by atoms with E-state index < -0.39 is 18.0 Å². The fourth-order valence-electron chi connectivity index (χ4n) is 2.86. The molecule has 5 nitrogen and oxygen atoms in total. The van der Waals surface area contributed by atoms with Crippen LogP contribution >= 0.6 is 0 Å². The highest BCUT2D eigenvalue weighted by molar-refractivity contribution is 5.86. The highest BCUT2D eigenvalue weighted by Gasteiger charge is 2.15. The number of hydrogen-bond acceptors (Lipinski definition) is 5. The predicted octanol–water partition coefficient (Wildman–Crippen LogP) is 2.42. The molecule has 3 rings (SSSR count). The van der Waals surface area contributed by atoms with Gasteiger partial charge in [0, 0.05) is 28.9 Å². The van der Waals surface area contributed by atoms with Crippen LogP contribution in [0.1, 0.15) is 22.3 Å². The molecule has 1 aromatic heterocycles. The smallest absolute Gasteiger partial charge is 0.340 e. The van der Waals surface area contributed by atoms with E-state index in [9.17, 15) is 19.1 Å². The van der Waals surface area contributed by atoms with Crippen molar-refractivity contribution in [1.29, 1.82) is 0 Å². The summed E-state index contributed by atoms with van der Waals surface area (Å²) in [7, 11) is 0. The molecule has 3 aromatic rings. The second-order valence-corrected chi connectivity index (χ2v) is 6.03. The number of carbonyl (C=O) groups is 1. The van der Waals surface area contributed by atoms with Crippen LogP contribution in [0.5, 0.6) is 5.75 Å². The Morgan fingerprint density at radius 2 is 1.96 bits per heavy atom. The number of hydrogen-bond donors (Lipinski definition) is 0. The van der Waals surface area contributed by atoms with Gasteiger partial charge in [-0.15, -0.1) is 0 Å². The second kappa shape index (κ2) is 7.00. The van der Waals surface area contributed by atoms with E-state index in [0.717, 1.165) is 0 Å². The molecule has 134 valence electrons. The van der Waals surface area contributed by atoms with Gasteiger partial charge >= 0.3 is 5.63 Å². The first-order valence-corrected chi connectivity index (χ1v) is 8.00. The first-order chi connectivity index (χ1) is 12.4. The zero-order chi connectivity index (χ0) is 18.8. The van der Waals surface area contributed by atoms with Gasteiger partial charge in [-0.1, -0.05) is 12.1 Å². The number of rotatable bonds is 5. The molecule has 0 spiro atoms. The van der Waals surface area contributed by atoms with Crippen molar-refractivity contribution >= 4 is 16.9 Å². The number of aliphatic carboxylic acids is 1. The Bertz CT molecular complexity index is 1050. The average molecular weight is 355 g/mol. The Morgan fingerprint density at radius 1 is 1.19 bits per heavy atom. The molecule has 0 saturated carbocycles. The fraction of sp³-hybridized carbons (Fsp3) is 0.200. The van der Waals surface area contributed by atoms with Crippen molar-refractivity contribution in [3.63, 3.8) is 0 Å². The number of benzene rings is 2. The Kier molecular flexibility index (Phi) is 4.75. The molecule has 6 heteroatoms. The lowest BCUT2D eigenvalue weighted by molar-refractivity contribution is -0.304. The topological polar surface area (TPSA) is 79.6 Å². The Hall–Kier alpha value is -3.15. The van der Waals surface area contributed by atoms with Gasteiger partial charge in [-0.3, -0.25) is 0 Å².